The highest BCUT2D eigenvalue weighted by molar-refractivity contribution is 5.74. The van der Waals surface area contributed by atoms with Gasteiger partial charge < -0.3 is 21.1 Å². The van der Waals surface area contributed by atoms with Gasteiger partial charge in [-0.1, -0.05) is 0 Å². The maximum absolute atomic E-state index is 10.8. The molecule has 0 saturated carbocycles. The third kappa shape index (κ3) is 4.71. The number of primary amides is 1. The van der Waals surface area contributed by atoms with Crippen LogP contribution in [0.5, 0.6) is 0 Å². The molecule has 0 saturated heterocycles. The van der Waals surface area contributed by atoms with Gasteiger partial charge in [0.2, 0.25) is 17.7 Å². The van der Waals surface area contributed by atoms with Crippen molar-refractivity contribution in [3.63, 3.8) is 0 Å². The van der Waals surface area contributed by atoms with Crippen LogP contribution < -0.4 is 16.4 Å². The van der Waals surface area contributed by atoms with E-state index in [1.54, 1.807) is 7.05 Å². The van der Waals surface area contributed by atoms with Crippen molar-refractivity contribution in [3.8, 4) is 0 Å². The molecule has 0 atom stereocenters. The van der Waals surface area contributed by atoms with E-state index in [9.17, 15) is 14.9 Å². The number of carbonyl (C=O) groups is 1. The summed E-state index contributed by atoms with van der Waals surface area (Å²) >= 11 is 0. The van der Waals surface area contributed by atoms with Gasteiger partial charge >= 0.3 is 5.69 Å². The SMILES string of the molecule is CNc1ncc([N+](=O)[O-])c(NCCOCC(N)=O)n1. The number of aromatic nitrogens is 2. The first kappa shape index (κ1) is 14.6. The lowest BCUT2D eigenvalue weighted by Gasteiger charge is -2.07. The second-order valence-corrected chi connectivity index (χ2v) is 3.38. The van der Waals surface area contributed by atoms with Gasteiger partial charge in [-0.05, 0) is 0 Å². The average molecular weight is 270 g/mol. The van der Waals surface area contributed by atoms with E-state index in [1.165, 1.54) is 0 Å². The molecule has 0 radical (unpaired) electrons. The van der Waals surface area contributed by atoms with Crippen molar-refractivity contribution in [1.29, 1.82) is 0 Å². The minimum Gasteiger partial charge on any atom is -0.370 e. The fraction of sp³-hybridized carbons (Fsp3) is 0.444. The van der Waals surface area contributed by atoms with Gasteiger partial charge in [0.05, 0.1) is 11.5 Å². The van der Waals surface area contributed by atoms with Crippen LogP contribution in [0.4, 0.5) is 17.5 Å². The number of nitrogens with zero attached hydrogens (tertiary/aromatic N) is 3. The number of ether oxygens (including phenoxy) is 1. The van der Waals surface area contributed by atoms with Crippen molar-refractivity contribution < 1.29 is 14.5 Å². The molecular formula is C9H14N6O4. The van der Waals surface area contributed by atoms with Crippen LogP contribution in [0.3, 0.4) is 0 Å². The van der Waals surface area contributed by atoms with Crippen LogP contribution in [-0.4, -0.2) is 47.6 Å². The molecule has 0 aliphatic heterocycles. The maximum Gasteiger partial charge on any atom is 0.329 e. The number of hydrogen-bond donors (Lipinski definition) is 3. The second-order valence-electron chi connectivity index (χ2n) is 3.38. The van der Waals surface area contributed by atoms with E-state index in [4.69, 9.17) is 10.5 Å². The van der Waals surface area contributed by atoms with Crippen LogP contribution in [0.15, 0.2) is 6.20 Å². The van der Waals surface area contributed by atoms with E-state index >= 15 is 0 Å². The van der Waals surface area contributed by atoms with Crippen LogP contribution in [0, 0.1) is 10.1 Å². The van der Waals surface area contributed by atoms with Crippen LogP contribution in [0.2, 0.25) is 0 Å². The summed E-state index contributed by atoms with van der Waals surface area (Å²) in [5.74, 6) is -0.247. The zero-order chi connectivity index (χ0) is 14.3. The number of rotatable bonds is 8. The predicted molar refractivity (Wildman–Crippen MR) is 66.7 cm³/mol. The van der Waals surface area contributed by atoms with Gasteiger partial charge in [-0.25, -0.2) is 4.98 Å². The Morgan fingerprint density at radius 1 is 1.63 bits per heavy atom. The first-order valence-electron chi connectivity index (χ1n) is 5.33. The van der Waals surface area contributed by atoms with E-state index in [0.717, 1.165) is 6.20 Å². The van der Waals surface area contributed by atoms with Crippen LogP contribution in [-0.2, 0) is 9.53 Å². The molecule has 1 heterocycles. The lowest BCUT2D eigenvalue weighted by molar-refractivity contribution is -0.384. The largest absolute Gasteiger partial charge is 0.370 e. The molecule has 0 aliphatic rings. The van der Waals surface area contributed by atoms with Gasteiger partial charge in [0.25, 0.3) is 0 Å². The number of nitrogens with one attached hydrogen (secondary N) is 2. The number of hydrogen-bond acceptors (Lipinski definition) is 8. The lowest BCUT2D eigenvalue weighted by Crippen LogP contribution is -2.21. The summed E-state index contributed by atoms with van der Waals surface area (Å²) < 4.78 is 4.91. The molecule has 0 spiro atoms. The van der Waals surface area contributed by atoms with E-state index in [2.05, 4.69) is 20.6 Å². The fourth-order valence-corrected chi connectivity index (χ4v) is 1.17. The number of nitro groups is 1. The Hall–Kier alpha value is -2.49. The van der Waals surface area contributed by atoms with Gasteiger partial charge in [0, 0.05) is 13.6 Å². The van der Waals surface area contributed by atoms with Gasteiger partial charge in [-0.3, -0.25) is 14.9 Å². The first-order chi connectivity index (χ1) is 9.04. The second kappa shape index (κ2) is 7.06. The zero-order valence-corrected chi connectivity index (χ0v) is 10.3. The molecule has 19 heavy (non-hydrogen) atoms. The van der Waals surface area contributed by atoms with Crippen molar-refractivity contribution in [2.75, 3.05) is 37.4 Å². The predicted octanol–water partition coefficient (Wildman–Crippen LogP) is -0.660. The molecule has 1 rings (SSSR count). The molecule has 4 N–H and O–H groups in total. The molecule has 0 aliphatic carbocycles. The summed E-state index contributed by atoms with van der Waals surface area (Å²) in [6, 6.07) is 0. The monoisotopic (exact) mass is 270 g/mol. The maximum atomic E-state index is 10.8. The summed E-state index contributed by atoms with van der Waals surface area (Å²) in [7, 11) is 1.60. The molecule has 0 unspecified atom stereocenters. The molecule has 104 valence electrons. The number of amides is 1. The number of nitrogens with two attached hydrogens (primary N) is 1. The van der Waals surface area contributed by atoms with Crippen LogP contribution >= 0.6 is 0 Å². The smallest absolute Gasteiger partial charge is 0.329 e. The standard InChI is InChI=1S/C9H14N6O4/c1-11-9-13-4-6(15(17)18)8(14-9)12-2-3-19-5-7(10)16/h4H,2-3,5H2,1H3,(H2,10,16)(H2,11,12,13,14). The molecule has 0 fully saturated rings. The third-order valence-corrected chi connectivity index (χ3v) is 1.97. The van der Waals surface area contributed by atoms with Gasteiger partial charge in [0.15, 0.2) is 0 Å². The third-order valence-electron chi connectivity index (χ3n) is 1.97. The average Bonchev–Trinajstić information content (AvgIpc) is 2.37. The minimum absolute atomic E-state index is 0.0759. The molecule has 0 bridgehead atoms. The topological polar surface area (TPSA) is 145 Å². The molecule has 0 aromatic carbocycles. The van der Waals surface area contributed by atoms with E-state index in [1.807, 2.05) is 0 Å². The minimum atomic E-state index is -0.591. The van der Waals surface area contributed by atoms with Crippen molar-refractivity contribution in [1.82, 2.24) is 9.97 Å². The van der Waals surface area contributed by atoms with Crippen molar-refractivity contribution in [2.24, 2.45) is 5.73 Å². The van der Waals surface area contributed by atoms with Crippen LogP contribution in [0.25, 0.3) is 0 Å². The van der Waals surface area contributed by atoms with Crippen molar-refractivity contribution in [3.05, 3.63) is 16.3 Å². The fourth-order valence-electron chi connectivity index (χ4n) is 1.17. The Kier molecular flexibility index (Phi) is 5.41. The van der Waals surface area contributed by atoms with Crippen molar-refractivity contribution >= 4 is 23.4 Å². The Labute approximate surface area is 108 Å². The molecular weight excluding hydrogens is 256 g/mol. The Morgan fingerprint density at radius 2 is 2.37 bits per heavy atom. The highest BCUT2D eigenvalue weighted by Gasteiger charge is 2.16. The summed E-state index contributed by atoms with van der Waals surface area (Å²) in [4.78, 5) is 28.3. The Morgan fingerprint density at radius 3 is 2.95 bits per heavy atom. The van der Waals surface area contributed by atoms with Crippen molar-refractivity contribution in [2.45, 2.75) is 0 Å². The van der Waals surface area contributed by atoms with Gasteiger partial charge in [-0.2, -0.15) is 4.98 Å². The molecule has 1 aromatic rings. The number of carbonyl (C=O) groups excluding carboxylic acids is 1. The molecule has 1 amide bonds. The normalized spacial score (nSPS) is 9.95. The van der Waals surface area contributed by atoms with Gasteiger partial charge in [-0.15, -0.1) is 0 Å². The quantitative estimate of drug-likeness (QED) is 0.320. The van der Waals surface area contributed by atoms with Crippen LogP contribution in [0.1, 0.15) is 0 Å². The molecule has 10 nitrogen and oxygen atoms in total. The molecule has 1 aromatic heterocycles. The zero-order valence-electron chi connectivity index (χ0n) is 10.3. The Balaban J connectivity index is 2.59. The van der Waals surface area contributed by atoms with E-state index in [0.29, 0.717) is 0 Å². The summed E-state index contributed by atoms with van der Waals surface area (Å²) in [6.45, 7) is 0.211. The summed E-state index contributed by atoms with van der Waals surface area (Å²) in [5.41, 5.74) is 4.64. The number of anilines is 2. The van der Waals surface area contributed by atoms with E-state index < -0.39 is 10.8 Å². The lowest BCUT2D eigenvalue weighted by atomic mass is 10.4. The molecule has 10 heteroatoms. The van der Waals surface area contributed by atoms with Gasteiger partial charge in [0.1, 0.15) is 12.8 Å². The highest BCUT2D eigenvalue weighted by atomic mass is 16.6. The van der Waals surface area contributed by atoms with E-state index in [-0.39, 0.29) is 37.2 Å². The Bertz CT molecular complexity index is 466. The highest BCUT2D eigenvalue weighted by Crippen LogP contribution is 2.21. The first-order valence-corrected chi connectivity index (χ1v) is 5.33. The summed E-state index contributed by atoms with van der Waals surface area (Å²) in [6.07, 6.45) is 1.10. The summed E-state index contributed by atoms with van der Waals surface area (Å²) in [5, 5.41) is 16.2.